The number of fused-ring (bicyclic) bond motifs is 1. The molecule has 0 saturated heterocycles. The van der Waals surface area contributed by atoms with Crippen LogP contribution in [0.2, 0.25) is 0 Å². The number of imide groups is 1. The summed E-state index contributed by atoms with van der Waals surface area (Å²) in [7, 11) is 1.29. The van der Waals surface area contributed by atoms with Crippen molar-refractivity contribution in [2.75, 3.05) is 7.11 Å². The molecule has 0 unspecified atom stereocenters. The molecule has 6 heteroatoms. The Balaban J connectivity index is 1.97. The van der Waals surface area contributed by atoms with Crippen molar-refractivity contribution in [2.24, 2.45) is 0 Å². The lowest BCUT2D eigenvalue weighted by molar-refractivity contribution is 0.0595. The van der Waals surface area contributed by atoms with Crippen LogP contribution >= 0.6 is 11.9 Å². The molecule has 0 aliphatic carbocycles. The highest BCUT2D eigenvalue weighted by atomic mass is 32.2. The quantitative estimate of drug-likeness (QED) is 0.492. The number of methoxy groups -OCH3 is 1. The molecule has 0 atom stereocenters. The van der Waals surface area contributed by atoms with Crippen molar-refractivity contribution in [1.29, 1.82) is 0 Å². The van der Waals surface area contributed by atoms with Crippen molar-refractivity contribution in [1.82, 2.24) is 4.31 Å². The fraction of sp³-hybridized carbons (Fsp3) is 0.118. The summed E-state index contributed by atoms with van der Waals surface area (Å²) in [4.78, 5) is 37.2. The molecule has 0 N–H and O–H groups in total. The van der Waals surface area contributed by atoms with Gasteiger partial charge in [0.15, 0.2) is 0 Å². The molecule has 0 fully saturated rings. The maximum Gasteiger partial charge on any atom is 0.339 e. The van der Waals surface area contributed by atoms with Crippen molar-refractivity contribution in [2.45, 2.75) is 11.8 Å². The number of hydrogen-bond acceptors (Lipinski definition) is 5. The second kappa shape index (κ2) is 5.89. The first-order chi connectivity index (χ1) is 11.0. The van der Waals surface area contributed by atoms with Crippen LogP contribution in [0.3, 0.4) is 0 Å². The molecule has 23 heavy (non-hydrogen) atoms. The van der Waals surface area contributed by atoms with E-state index in [-0.39, 0.29) is 11.8 Å². The first-order valence-electron chi connectivity index (χ1n) is 6.87. The summed E-state index contributed by atoms with van der Waals surface area (Å²) in [6, 6.07) is 11.8. The standard InChI is InChI=1S/C17H13NO4S/c1-10-7-8-14(13(9-10)17(21)22-2)23-18-15(19)11-5-3-4-6-12(11)16(18)20/h3-9H,1-2H3. The molecule has 0 spiro atoms. The van der Waals surface area contributed by atoms with E-state index in [0.29, 0.717) is 21.6 Å². The van der Waals surface area contributed by atoms with Crippen molar-refractivity contribution >= 4 is 29.7 Å². The van der Waals surface area contributed by atoms with E-state index >= 15 is 0 Å². The number of esters is 1. The average molecular weight is 327 g/mol. The van der Waals surface area contributed by atoms with E-state index in [2.05, 4.69) is 0 Å². The predicted molar refractivity (Wildman–Crippen MR) is 85.3 cm³/mol. The van der Waals surface area contributed by atoms with Crippen LogP contribution < -0.4 is 0 Å². The number of aryl methyl sites for hydroxylation is 1. The van der Waals surface area contributed by atoms with E-state index < -0.39 is 5.97 Å². The van der Waals surface area contributed by atoms with E-state index in [4.69, 9.17) is 4.74 Å². The summed E-state index contributed by atoms with van der Waals surface area (Å²) in [5, 5.41) is 0. The number of nitrogens with zero attached hydrogens (tertiary/aromatic N) is 1. The summed E-state index contributed by atoms with van der Waals surface area (Å²) >= 11 is 0.936. The van der Waals surface area contributed by atoms with Crippen molar-refractivity contribution in [3.05, 3.63) is 64.7 Å². The summed E-state index contributed by atoms with van der Waals surface area (Å²) in [5.74, 6) is -1.27. The minimum Gasteiger partial charge on any atom is -0.465 e. The Kier molecular flexibility index (Phi) is 3.92. The molecule has 1 aliphatic heterocycles. The van der Waals surface area contributed by atoms with Gasteiger partial charge in [-0.25, -0.2) is 9.10 Å². The number of amides is 2. The van der Waals surface area contributed by atoms with Crippen LogP contribution in [0, 0.1) is 6.92 Å². The monoisotopic (exact) mass is 327 g/mol. The van der Waals surface area contributed by atoms with Gasteiger partial charge in [-0.1, -0.05) is 23.8 Å². The zero-order valence-electron chi connectivity index (χ0n) is 12.5. The number of carbonyl (C=O) groups is 3. The highest BCUT2D eigenvalue weighted by Gasteiger charge is 2.36. The molecule has 2 aromatic rings. The van der Waals surface area contributed by atoms with Gasteiger partial charge in [0.25, 0.3) is 11.8 Å². The Morgan fingerprint density at radius 3 is 2.22 bits per heavy atom. The highest BCUT2D eigenvalue weighted by Crippen LogP contribution is 2.34. The number of benzene rings is 2. The fourth-order valence-corrected chi connectivity index (χ4v) is 3.27. The van der Waals surface area contributed by atoms with Gasteiger partial charge in [0.2, 0.25) is 0 Å². The van der Waals surface area contributed by atoms with Crippen LogP contribution in [-0.4, -0.2) is 29.2 Å². The van der Waals surface area contributed by atoms with E-state index in [0.717, 1.165) is 21.8 Å². The molecule has 3 rings (SSSR count). The van der Waals surface area contributed by atoms with Crippen LogP contribution in [0.4, 0.5) is 0 Å². The first kappa shape index (κ1) is 15.3. The van der Waals surface area contributed by atoms with E-state index in [1.807, 2.05) is 13.0 Å². The van der Waals surface area contributed by atoms with Gasteiger partial charge in [-0.05, 0) is 43.1 Å². The SMILES string of the molecule is COC(=O)c1cc(C)ccc1SN1C(=O)c2ccccc2C1=O. The third-order valence-corrected chi connectivity index (χ3v) is 4.55. The van der Waals surface area contributed by atoms with Crippen molar-refractivity contribution in [3.63, 3.8) is 0 Å². The lowest BCUT2D eigenvalue weighted by Crippen LogP contribution is -2.22. The van der Waals surface area contributed by atoms with Gasteiger partial charge in [0.05, 0.1) is 23.8 Å². The molecular formula is C17H13NO4S. The van der Waals surface area contributed by atoms with E-state index in [1.165, 1.54) is 7.11 Å². The minimum absolute atomic E-state index is 0.328. The number of hydrogen-bond donors (Lipinski definition) is 0. The Hall–Kier alpha value is -2.60. The van der Waals surface area contributed by atoms with Crippen LogP contribution in [0.15, 0.2) is 47.4 Å². The number of ether oxygens (including phenoxy) is 1. The summed E-state index contributed by atoms with van der Waals surface area (Å²) in [6.45, 7) is 1.85. The molecule has 0 bridgehead atoms. The normalized spacial score (nSPS) is 13.2. The van der Waals surface area contributed by atoms with Crippen LogP contribution in [0.1, 0.15) is 36.6 Å². The lowest BCUT2D eigenvalue weighted by Gasteiger charge is -2.14. The largest absolute Gasteiger partial charge is 0.465 e. The lowest BCUT2D eigenvalue weighted by atomic mass is 10.1. The van der Waals surface area contributed by atoms with Crippen molar-refractivity contribution < 1.29 is 19.1 Å². The molecule has 2 amide bonds. The van der Waals surface area contributed by atoms with Gasteiger partial charge in [-0.2, -0.15) is 0 Å². The predicted octanol–water partition coefficient (Wildman–Crippen LogP) is 3.08. The van der Waals surface area contributed by atoms with Crippen LogP contribution in [0.25, 0.3) is 0 Å². The molecule has 0 aromatic heterocycles. The summed E-state index contributed by atoms with van der Waals surface area (Å²) in [5.41, 5.74) is 1.96. The van der Waals surface area contributed by atoms with Gasteiger partial charge in [-0.3, -0.25) is 9.59 Å². The third kappa shape index (κ3) is 2.61. The fourth-order valence-electron chi connectivity index (χ4n) is 2.34. The number of rotatable bonds is 3. The molecule has 0 saturated carbocycles. The molecular weight excluding hydrogens is 314 g/mol. The summed E-state index contributed by atoms with van der Waals surface area (Å²) in [6.07, 6.45) is 0. The third-order valence-electron chi connectivity index (χ3n) is 3.49. The Morgan fingerprint density at radius 2 is 1.65 bits per heavy atom. The van der Waals surface area contributed by atoms with E-state index in [9.17, 15) is 14.4 Å². The van der Waals surface area contributed by atoms with E-state index in [1.54, 1.807) is 36.4 Å². The molecule has 2 aromatic carbocycles. The Bertz CT molecular complexity index is 796. The zero-order valence-corrected chi connectivity index (χ0v) is 13.3. The smallest absolute Gasteiger partial charge is 0.339 e. The molecule has 1 heterocycles. The average Bonchev–Trinajstić information content (AvgIpc) is 2.81. The van der Waals surface area contributed by atoms with Gasteiger partial charge < -0.3 is 4.74 Å². The minimum atomic E-state index is -0.507. The van der Waals surface area contributed by atoms with Gasteiger partial charge >= 0.3 is 5.97 Å². The molecule has 0 radical (unpaired) electrons. The maximum atomic E-state index is 12.4. The zero-order chi connectivity index (χ0) is 16.6. The molecule has 116 valence electrons. The van der Waals surface area contributed by atoms with Crippen LogP contribution in [0.5, 0.6) is 0 Å². The number of carbonyl (C=O) groups excluding carboxylic acids is 3. The molecule has 1 aliphatic rings. The first-order valence-corrected chi connectivity index (χ1v) is 7.65. The Morgan fingerprint density at radius 1 is 1.04 bits per heavy atom. The van der Waals surface area contributed by atoms with Crippen molar-refractivity contribution in [3.8, 4) is 0 Å². The highest BCUT2D eigenvalue weighted by molar-refractivity contribution is 7.98. The summed E-state index contributed by atoms with van der Waals surface area (Å²) < 4.78 is 5.84. The van der Waals surface area contributed by atoms with Gasteiger partial charge in [0, 0.05) is 4.90 Å². The second-order valence-electron chi connectivity index (χ2n) is 5.03. The Labute approximate surface area is 137 Å². The van der Waals surface area contributed by atoms with Crippen LogP contribution in [-0.2, 0) is 4.74 Å². The second-order valence-corrected chi connectivity index (χ2v) is 6.02. The molecule has 5 nitrogen and oxygen atoms in total. The maximum absolute atomic E-state index is 12.4. The topological polar surface area (TPSA) is 63.7 Å². The van der Waals surface area contributed by atoms with Gasteiger partial charge in [0.1, 0.15) is 0 Å². The van der Waals surface area contributed by atoms with Gasteiger partial charge in [-0.15, -0.1) is 0 Å².